The lowest BCUT2D eigenvalue weighted by atomic mass is 9.98. The van der Waals surface area contributed by atoms with E-state index >= 15 is 0 Å². The van der Waals surface area contributed by atoms with Crippen LogP contribution in [0.15, 0.2) is 6.33 Å². The number of unbranched alkanes of at least 4 members (excludes halogenated alkanes) is 1. The lowest BCUT2D eigenvalue weighted by Gasteiger charge is -2.14. The zero-order chi connectivity index (χ0) is 10.4. The zero-order valence-electron chi connectivity index (χ0n) is 9.53. The van der Waals surface area contributed by atoms with Crippen LogP contribution in [0, 0.1) is 0 Å². The minimum Gasteiger partial charge on any atom is -0.318 e. The van der Waals surface area contributed by atoms with Crippen molar-refractivity contribution in [2.75, 3.05) is 0 Å². The van der Waals surface area contributed by atoms with Crippen molar-refractivity contribution in [1.29, 1.82) is 0 Å². The Labute approximate surface area is 86.5 Å². The maximum Gasteiger partial charge on any atom is 0.135 e. The average molecular weight is 195 g/mol. The van der Waals surface area contributed by atoms with E-state index in [-0.39, 0.29) is 0 Å². The van der Waals surface area contributed by atoms with Gasteiger partial charge in [-0.1, -0.05) is 26.7 Å². The fraction of sp³-hybridized carbons (Fsp3) is 0.818. The van der Waals surface area contributed by atoms with Crippen LogP contribution < -0.4 is 0 Å². The molecule has 0 saturated carbocycles. The summed E-state index contributed by atoms with van der Waals surface area (Å²) in [4.78, 5) is 0. The normalized spacial score (nSPS) is 13.1. The zero-order valence-corrected chi connectivity index (χ0v) is 9.53. The molecular weight excluding hydrogens is 174 g/mol. The smallest absolute Gasteiger partial charge is 0.135 e. The highest BCUT2D eigenvalue weighted by atomic mass is 15.3. The molecule has 1 rings (SSSR count). The van der Waals surface area contributed by atoms with Gasteiger partial charge in [0.25, 0.3) is 0 Å². The quantitative estimate of drug-likeness (QED) is 0.698. The van der Waals surface area contributed by atoms with Crippen LogP contribution in [0.4, 0.5) is 0 Å². The van der Waals surface area contributed by atoms with Gasteiger partial charge in [-0.3, -0.25) is 0 Å². The first-order chi connectivity index (χ1) is 6.83. The molecule has 0 aromatic carbocycles. The molecule has 0 aliphatic carbocycles. The van der Waals surface area contributed by atoms with Gasteiger partial charge in [-0.2, -0.15) is 0 Å². The molecule has 80 valence electrons. The Morgan fingerprint density at radius 3 is 2.71 bits per heavy atom. The summed E-state index contributed by atoms with van der Waals surface area (Å²) in [5.74, 6) is 1.76. The third kappa shape index (κ3) is 2.56. The maximum absolute atomic E-state index is 4.22. The topological polar surface area (TPSA) is 30.7 Å². The van der Waals surface area contributed by atoms with Crippen LogP contribution in [0.5, 0.6) is 0 Å². The summed E-state index contributed by atoms with van der Waals surface area (Å²) in [6.45, 7) is 7.58. The molecule has 3 nitrogen and oxygen atoms in total. The summed E-state index contributed by atoms with van der Waals surface area (Å²) in [6.07, 6.45) is 6.79. The minimum atomic E-state index is 0.595. The van der Waals surface area contributed by atoms with Crippen LogP contribution in [-0.4, -0.2) is 14.8 Å². The van der Waals surface area contributed by atoms with Gasteiger partial charge in [0.15, 0.2) is 0 Å². The molecule has 1 heterocycles. The number of hydrogen-bond donors (Lipinski definition) is 0. The van der Waals surface area contributed by atoms with Gasteiger partial charge < -0.3 is 4.57 Å². The number of aromatic nitrogens is 3. The Morgan fingerprint density at radius 1 is 1.36 bits per heavy atom. The number of hydrogen-bond acceptors (Lipinski definition) is 2. The second kappa shape index (κ2) is 5.78. The molecule has 0 fully saturated rings. The van der Waals surface area contributed by atoms with Crippen molar-refractivity contribution in [3.8, 4) is 0 Å². The minimum absolute atomic E-state index is 0.595. The van der Waals surface area contributed by atoms with Gasteiger partial charge in [-0.15, -0.1) is 10.2 Å². The lowest BCUT2D eigenvalue weighted by Crippen LogP contribution is -2.07. The Balaban J connectivity index is 2.67. The third-order valence-corrected chi connectivity index (χ3v) is 2.75. The van der Waals surface area contributed by atoms with Crippen molar-refractivity contribution in [3.63, 3.8) is 0 Å². The van der Waals surface area contributed by atoms with Crippen LogP contribution in [-0.2, 0) is 6.54 Å². The Morgan fingerprint density at radius 2 is 2.14 bits per heavy atom. The van der Waals surface area contributed by atoms with Crippen molar-refractivity contribution in [2.24, 2.45) is 0 Å². The molecule has 3 heteroatoms. The van der Waals surface area contributed by atoms with Crippen molar-refractivity contribution in [1.82, 2.24) is 14.8 Å². The van der Waals surface area contributed by atoms with Crippen LogP contribution >= 0.6 is 0 Å². The third-order valence-electron chi connectivity index (χ3n) is 2.75. The summed E-state index contributed by atoms with van der Waals surface area (Å²) >= 11 is 0. The molecule has 0 aliphatic rings. The van der Waals surface area contributed by atoms with Crippen LogP contribution in [0.1, 0.15) is 58.2 Å². The van der Waals surface area contributed by atoms with Crippen molar-refractivity contribution < 1.29 is 0 Å². The first kappa shape index (κ1) is 11.2. The molecule has 0 spiro atoms. The predicted molar refractivity (Wildman–Crippen MR) is 58.3 cm³/mol. The van der Waals surface area contributed by atoms with Gasteiger partial charge in [0.2, 0.25) is 0 Å². The van der Waals surface area contributed by atoms with E-state index in [9.17, 15) is 0 Å². The van der Waals surface area contributed by atoms with E-state index in [0.717, 1.165) is 6.54 Å². The van der Waals surface area contributed by atoms with E-state index < -0.39 is 0 Å². The van der Waals surface area contributed by atoms with Crippen LogP contribution in [0.25, 0.3) is 0 Å². The van der Waals surface area contributed by atoms with E-state index in [1.54, 1.807) is 0 Å². The molecular formula is C11H21N3. The Kier molecular flexibility index (Phi) is 4.63. The van der Waals surface area contributed by atoms with Gasteiger partial charge in [0.1, 0.15) is 12.2 Å². The average Bonchev–Trinajstić information content (AvgIpc) is 2.67. The number of aryl methyl sites for hydroxylation is 1. The first-order valence-electron chi connectivity index (χ1n) is 5.71. The standard InChI is InChI=1S/C11H21N3/c1-4-7-8-10(5-2)11-13-12-9-14(11)6-3/h9-10H,4-8H2,1-3H3. The van der Waals surface area contributed by atoms with Gasteiger partial charge in [0, 0.05) is 12.5 Å². The lowest BCUT2D eigenvalue weighted by molar-refractivity contribution is 0.515. The summed E-state index contributed by atoms with van der Waals surface area (Å²) in [7, 11) is 0. The molecule has 0 radical (unpaired) electrons. The second-order valence-corrected chi connectivity index (χ2v) is 3.72. The van der Waals surface area contributed by atoms with E-state index in [0.29, 0.717) is 5.92 Å². The van der Waals surface area contributed by atoms with E-state index in [2.05, 4.69) is 35.5 Å². The highest BCUT2D eigenvalue weighted by Crippen LogP contribution is 2.23. The Hall–Kier alpha value is -0.860. The molecule has 0 aliphatic heterocycles. The number of nitrogens with zero attached hydrogens (tertiary/aromatic N) is 3. The SMILES string of the molecule is CCCCC(CC)c1nncn1CC. The molecule has 1 unspecified atom stereocenters. The predicted octanol–water partition coefficient (Wildman–Crippen LogP) is 2.98. The largest absolute Gasteiger partial charge is 0.318 e. The Bertz CT molecular complexity index is 255. The van der Waals surface area contributed by atoms with Crippen LogP contribution in [0.2, 0.25) is 0 Å². The molecule has 1 aromatic rings. The summed E-state index contributed by atoms with van der Waals surface area (Å²) < 4.78 is 2.16. The molecule has 14 heavy (non-hydrogen) atoms. The first-order valence-corrected chi connectivity index (χ1v) is 5.71. The van der Waals surface area contributed by atoms with Gasteiger partial charge in [0.05, 0.1) is 0 Å². The fourth-order valence-electron chi connectivity index (χ4n) is 1.79. The van der Waals surface area contributed by atoms with Crippen molar-refractivity contribution in [3.05, 3.63) is 12.2 Å². The van der Waals surface area contributed by atoms with E-state index in [1.165, 1.54) is 31.5 Å². The number of rotatable bonds is 6. The van der Waals surface area contributed by atoms with E-state index in [1.807, 2.05) is 6.33 Å². The summed E-state index contributed by atoms with van der Waals surface area (Å²) in [5, 5.41) is 8.21. The van der Waals surface area contributed by atoms with Gasteiger partial charge >= 0.3 is 0 Å². The van der Waals surface area contributed by atoms with Crippen molar-refractivity contribution >= 4 is 0 Å². The molecule has 1 atom stereocenters. The fourth-order valence-corrected chi connectivity index (χ4v) is 1.79. The van der Waals surface area contributed by atoms with Gasteiger partial charge in [-0.05, 0) is 19.8 Å². The highest BCUT2D eigenvalue weighted by Gasteiger charge is 2.14. The second-order valence-electron chi connectivity index (χ2n) is 3.72. The summed E-state index contributed by atoms with van der Waals surface area (Å²) in [5.41, 5.74) is 0. The maximum atomic E-state index is 4.22. The molecule has 0 N–H and O–H groups in total. The summed E-state index contributed by atoms with van der Waals surface area (Å²) in [6, 6.07) is 0. The van der Waals surface area contributed by atoms with E-state index in [4.69, 9.17) is 0 Å². The molecule has 0 saturated heterocycles. The molecule has 0 amide bonds. The monoisotopic (exact) mass is 195 g/mol. The van der Waals surface area contributed by atoms with Crippen LogP contribution in [0.3, 0.4) is 0 Å². The van der Waals surface area contributed by atoms with Crippen molar-refractivity contribution in [2.45, 2.75) is 58.9 Å². The molecule has 0 bridgehead atoms. The van der Waals surface area contributed by atoms with Gasteiger partial charge in [-0.25, -0.2) is 0 Å². The highest BCUT2D eigenvalue weighted by molar-refractivity contribution is 4.95. The molecule has 1 aromatic heterocycles.